The maximum Gasteiger partial charge on any atom is 0.120 e. The summed E-state index contributed by atoms with van der Waals surface area (Å²) in [6, 6.07) is 3.71. The molecule has 2 aliphatic rings. The molecule has 1 saturated carbocycles. The molecule has 0 bridgehead atoms. The quantitative estimate of drug-likeness (QED) is 0.872. The fraction of sp³-hybridized carbons (Fsp3) is 0.765. The predicted molar refractivity (Wildman–Crippen MR) is 85.3 cm³/mol. The second kappa shape index (κ2) is 6.51. The number of hydrogen-bond acceptors (Lipinski definition) is 4. The number of likely N-dealkylation sites (tertiary alicyclic amines) is 1. The molecule has 1 N–H and O–H groups in total. The van der Waals surface area contributed by atoms with Gasteiger partial charge in [-0.05, 0) is 58.3 Å². The third kappa shape index (κ3) is 4.09. The van der Waals surface area contributed by atoms with Crippen molar-refractivity contribution in [2.75, 3.05) is 27.2 Å². The molecule has 1 aliphatic heterocycles. The van der Waals surface area contributed by atoms with Crippen LogP contribution in [0.1, 0.15) is 42.8 Å². The first-order valence-corrected chi connectivity index (χ1v) is 8.32. The Morgan fingerprint density at radius 2 is 1.95 bits per heavy atom. The van der Waals surface area contributed by atoms with Gasteiger partial charge in [0.1, 0.15) is 11.5 Å². The normalized spacial score (nSPS) is 21.3. The minimum atomic E-state index is 0.739. The van der Waals surface area contributed by atoms with Crippen LogP contribution >= 0.6 is 0 Å². The summed E-state index contributed by atoms with van der Waals surface area (Å²) in [5, 5.41) is 3.54. The van der Waals surface area contributed by atoms with Gasteiger partial charge >= 0.3 is 0 Å². The van der Waals surface area contributed by atoms with Crippen molar-refractivity contribution in [1.29, 1.82) is 0 Å². The topological polar surface area (TPSA) is 31.6 Å². The number of nitrogens with one attached hydrogen (secondary N) is 1. The zero-order valence-electron chi connectivity index (χ0n) is 13.7. The minimum Gasteiger partial charge on any atom is -0.463 e. The van der Waals surface area contributed by atoms with Crippen molar-refractivity contribution in [2.24, 2.45) is 0 Å². The van der Waals surface area contributed by atoms with E-state index in [2.05, 4.69) is 42.2 Å². The molecule has 0 spiro atoms. The van der Waals surface area contributed by atoms with Crippen molar-refractivity contribution in [2.45, 2.75) is 57.8 Å². The van der Waals surface area contributed by atoms with E-state index in [4.69, 9.17) is 4.42 Å². The first-order valence-electron chi connectivity index (χ1n) is 8.32. The number of aryl methyl sites for hydroxylation is 1. The van der Waals surface area contributed by atoms with E-state index in [1.807, 2.05) is 0 Å². The summed E-state index contributed by atoms with van der Waals surface area (Å²) in [7, 11) is 4.38. The molecule has 1 aromatic rings. The highest BCUT2D eigenvalue weighted by Crippen LogP contribution is 2.22. The largest absolute Gasteiger partial charge is 0.463 e. The number of piperidine rings is 1. The van der Waals surface area contributed by atoms with Crippen molar-refractivity contribution in [3.8, 4) is 0 Å². The molecule has 2 fully saturated rings. The second-order valence-corrected chi connectivity index (χ2v) is 6.95. The van der Waals surface area contributed by atoms with Gasteiger partial charge in [-0.15, -0.1) is 0 Å². The zero-order chi connectivity index (χ0) is 14.8. The Morgan fingerprint density at radius 3 is 2.57 bits per heavy atom. The highest BCUT2D eigenvalue weighted by Gasteiger charge is 2.23. The molecule has 118 valence electrons. The van der Waals surface area contributed by atoms with Crippen LogP contribution < -0.4 is 5.32 Å². The number of furan rings is 1. The van der Waals surface area contributed by atoms with Crippen molar-refractivity contribution < 1.29 is 4.42 Å². The molecule has 4 heteroatoms. The lowest BCUT2D eigenvalue weighted by atomic mass is 10.0. The number of nitrogens with zero attached hydrogens (tertiary/aromatic N) is 2. The third-order valence-corrected chi connectivity index (χ3v) is 4.87. The summed E-state index contributed by atoms with van der Waals surface area (Å²) in [5.41, 5.74) is 1.29. The third-order valence-electron chi connectivity index (χ3n) is 4.87. The summed E-state index contributed by atoms with van der Waals surface area (Å²) >= 11 is 0. The van der Waals surface area contributed by atoms with E-state index in [1.165, 1.54) is 44.3 Å². The van der Waals surface area contributed by atoms with E-state index in [1.54, 1.807) is 0 Å². The Kier molecular flexibility index (Phi) is 4.67. The minimum absolute atomic E-state index is 0.739. The molecule has 4 nitrogen and oxygen atoms in total. The molecule has 0 unspecified atom stereocenters. The molecule has 21 heavy (non-hydrogen) atoms. The van der Waals surface area contributed by atoms with Gasteiger partial charge in [0.05, 0.1) is 13.1 Å². The molecule has 3 rings (SSSR count). The Morgan fingerprint density at radius 1 is 1.24 bits per heavy atom. The molecule has 1 saturated heterocycles. The van der Waals surface area contributed by atoms with Crippen LogP contribution in [-0.4, -0.2) is 49.1 Å². The molecule has 2 heterocycles. The van der Waals surface area contributed by atoms with Gasteiger partial charge in [-0.3, -0.25) is 4.90 Å². The Labute approximate surface area is 128 Å². The van der Waals surface area contributed by atoms with Crippen molar-refractivity contribution in [3.63, 3.8) is 0 Å². The van der Waals surface area contributed by atoms with Crippen LogP contribution in [0.15, 0.2) is 10.5 Å². The maximum atomic E-state index is 6.06. The summed E-state index contributed by atoms with van der Waals surface area (Å²) in [5.74, 6) is 2.25. The molecular formula is C17H29N3O. The Hall–Kier alpha value is -0.840. The summed E-state index contributed by atoms with van der Waals surface area (Å²) < 4.78 is 6.06. The van der Waals surface area contributed by atoms with Gasteiger partial charge in [-0.25, -0.2) is 0 Å². The second-order valence-electron chi connectivity index (χ2n) is 6.95. The van der Waals surface area contributed by atoms with Crippen LogP contribution in [0.5, 0.6) is 0 Å². The summed E-state index contributed by atoms with van der Waals surface area (Å²) in [4.78, 5) is 4.88. The molecule has 1 aliphatic carbocycles. The Balaban J connectivity index is 1.49. The average molecular weight is 291 g/mol. The lowest BCUT2D eigenvalue weighted by Crippen LogP contribution is -2.41. The molecule has 0 radical (unpaired) electrons. The van der Waals surface area contributed by atoms with Gasteiger partial charge in [0.25, 0.3) is 0 Å². The van der Waals surface area contributed by atoms with Gasteiger partial charge in [0, 0.05) is 25.2 Å². The lowest BCUT2D eigenvalue weighted by molar-refractivity contribution is 0.133. The van der Waals surface area contributed by atoms with Crippen LogP contribution in [-0.2, 0) is 13.1 Å². The van der Waals surface area contributed by atoms with Gasteiger partial charge < -0.3 is 14.6 Å². The SMILES string of the molecule is Cc1cc(CN2CCC(N(C)C)CC2)oc1CNC1CC1. The summed E-state index contributed by atoms with van der Waals surface area (Å²) in [6.45, 7) is 6.37. The van der Waals surface area contributed by atoms with E-state index >= 15 is 0 Å². The van der Waals surface area contributed by atoms with Gasteiger partial charge in [0.2, 0.25) is 0 Å². The van der Waals surface area contributed by atoms with Crippen LogP contribution in [0.4, 0.5) is 0 Å². The standard InChI is InChI=1S/C17H29N3O/c1-13-10-16(21-17(13)11-18-14-4-5-14)12-20-8-6-15(7-9-20)19(2)3/h10,14-15,18H,4-9,11-12H2,1-3H3. The fourth-order valence-corrected chi connectivity index (χ4v) is 3.18. The monoisotopic (exact) mass is 291 g/mol. The zero-order valence-corrected chi connectivity index (χ0v) is 13.7. The van der Waals surface area contributed by atoms with E-state index in [0.717, 1.165) is 36.7 Å². The molecular weight excluding hydrogens is 262 g/mol. The molecule has 1 aromatic heterocycles. The number of hydrogen-bond donors (Lipinski definition) is 1. The Bertz CT molecular complexity index is 457. The van der Waals surface area contributed by atoms with Crippen molar-refractivity contribution >= 4 is 0 Å². The van der Waals surface area contributed by atoms with E-state index in [-0.39, 0.29) is 0 Å². The van der Waals surface area contributed by atoms with E-state index in [0.29, 0.717) is 0 Å². The smallest absolute Gasteiger partial charge is 0.120 e. The molecule has 0 aromatic carbocycles. The van der Waals surface area contributed by atoms with Gasteiger partial charge in [-0.1, -0.05) is 0 Å². The van der Waals surface area contributed by atoms with E-state index < -0.39 is 0 Å². The molecule has 0 atom stereocenters. The highest BCUT2D eigenvalue weighted by atomic mass is 16.3. The van der Waals surface area contributed by atoms with Crippen LogP contribution in [0.3, 0.4) is 0 Å². The van der Waals surface area contributed by atoms with Crippen molar-refractivity contribution in [1.82, 2.24) is 15.1 Å². The average Bonchev–Trinajstić information content (AvgIpc) is 3.22. The van der Waals surface area contributed by atoms with Gasteiger partial charge in [-0.2, -0.15) is 0 Å². The lowest BCUT2D eigenvalue weighted by Gasteiger charge is -2.34. The van der Waals surface area contributed by atoms with Gasteiger partial charge in [0.15, 0.2) is 0 Å². The van der Waals surface area contributed by atoms with E-state index in [9.17, 15) is 0 Å². The first kappa shape index (κ1) is 15.1. The summed E-state index contributed by atoms with van der Waals surface area (Å²) in [6.07, 6.45) is 5.19. The first-order chi connectivity index (χ1) is 10.1. The molecule has 0 amide bonds. The van der Waals surface area contributed by atoms with Crippen LogP contribution in [0.2, 0.25) is 0 Å². The number of rotatable bonds is 6. The maximum absolute atomic E-state index is 6.06. The van der Waals surface area contributed by atoms with Crippen LogP contribution in [0, 0.1) is 6.92 Å². The van der Waals surface area contributed by atoms with Crippen LogP contribution in [0.25, 0.3) is 0 Å². The van der Waals surface area contributed by atoms with Crippen molar-refractivity contribution in [3.05, 3.63) is 23.2 Å². The fourth-order valence-electron chi connectivity index (χ4n) is 3.18. The predicted octanol–water partition coefficient (Wildman–Crippen LogP) is 2.37. The highest BCUT2D eigenvalue weighted by molar-refractivity contribution is 5.20.